The first kappa shape index (κ1) is 17.4. The molecule has 1 aromatic rings. The van der Waals surface area contributed by atoms with Gasteiger partial charge in [-0.15, -0.1) is 0 Å². The minimum absolute atomic E-state index is 0.0352. The zero-order chi connectivity index (χ0) is 17.8. The maximum absolute atomic E-state index is 11.8. The minimum Gasteiger partial charge on any atom is -0.467 e. The first-order chi connectivity index (χ1) is 12.1. The standard InChI is InChI=1S/C16H21N3O6/c1-2-24-16(20)18-5-3-17(4-6-18)9-12-7-14(19(21)22)8-13-10-23-11-25-15(12)13/h7-8H,2-6,9-11H2,1H3. The summed E-state index contributed by atoms with van der Waals surface area (Å²) in [4.78, 5) is 26.3. The summed E-state index contributed by atoms with van der Waals surface area (Å²) in [6.07, 6.45) is -0.296. The number of non-ortho nitro benzene ring substituents is 1. The fraction of sp³-hybridized carbons (Fsp3) is 0.562. The van der Waals surface area contributed by atoms with Crippen LogP contribution in [0, 0.1) is 10.1 Å². The third-order valence-corrected chi connectivity index (χ3v) is 4.27. The van der Waals surface area contributed by atoms with Crippen molar-refractivity contribution in [1.82, 2.24) is 9.80 Å². The zero-order valence-corrected chi connectivity index (χ0v) is 14.1. The maximum atomic E-state index is 11.8. The predicted octanol–water partition coefficient (Wildman–Crippen LogP) is 1.74. The van der Waals surface area contributed by atoms with Crippen LogP contribution in [0.5, 0.6) is 5.75 Å². The highest BCUT2D eigenvalue weighted by atomic mass is 16.7. The Morgan fingerprint density at radius 1 is 1.32 bits per heavy atom. The number of piperazine rings is 1. The molecule has 9 nitrogen and oxygen atoms in total. The fourth-order valence-electron chi connectivity index (χ4n) is 3.05. The third kappa shape index (κ3) is 3.99. The molecular formula is C16H21N3O6. The Hall–Kier alpha value is -2.39. The number of amides is 1. The zero-order valence-electron chi connectivity index (χ0n) is 14.1. The highest BCUT2D eigenvalue weighted by Crippen LogP contribution is 2.33. The van der Waals surface area contributed by atoms with Gasteiger partial charge in [-0.2, -0.15) is 0 Å². The number of nitro groups is 1. The van der Waals surface area contributed by atoms with Crippen molar-refractivity contribution in [2.45, 2.75) is 20.1 Å². The van der Waals surface area contributed by atoms with Gasteiger partial charge in [0.1, 0.15) is 5.75 Å². The van der Waals surface area contributed by atoms with Crippen LogP contribution in [0.1, 0.15) is 18.1 Å². The molecule has 0 unspecified atom stereocenters. The fourth-order valence-corrected chi connectivity index (χ4v) is 3.05. The lowest BCUT2D eigenvalue weighted by atomic mass is 10.1. The molecule has 1 amide bonds. The average Bonchev–Trinajstić information content (AvgIpc) is 2.62. The molecule has 0 spiro atoms. The van der Waals surface area contributed by atoms with E-state index in [1.165, 1.54) is 6.07 Å². The Kier molecular flexibility index (Phi) is 5.34. The van der Waals surface area contributed by atoms with E-state index in [0.29, 0.717) is 57.3 Å². The van der Waals surface area contributed by atoms with E-state index in [9.17, 15) is 14.9 Å². The van der Waals surface area contributed by atoms with E-state index in [-0.39, 0.29) is 18.6 Å². The van der Waals surface area contributed by atoms with Crippen molar-refractivity contribution in [3.05, 3.63) is 33.4 Å². The average molecular weight is 351 g/mol. The van der Waals surface area contributed by atoms with Gasteiger partial charge in [-0.3, -0.25) is 15.0 Å². The van der Waals surface area contributed by atoms with E-state index in [1.54, 1.807) is 17.9 Å². The van der Waals surface area contributed by atoms with Gasteiger partial charge in [0.05, 0.1) is 18.1 Å². The summed E-state index contributed by atoms with van der Waals surface area (Å²) in [6, 6.07) is 3.05. The van der Waals surface area contributed by atoms with Crippen molar-refractivity contribution < 1.29 is 23.9 Å². The number of ether oxygens (including phenoxy) is 3. The molecule has 0 atom stereocenters. The Bertz CT molecular complexity index is 658. The molecule has 1 fully saturated rings. The first-order valence-electron chi connectivity index (χ1n) is 8.23. The molecule has 0 bridgehead atoms. The number of hydrogen-bond acceptors (Lipinski definition) is 7. The molecule has 0 aromatic heterocycles. The van der Waals surface area contributed by atoms with Crippen LogP contribution in [0.15, 0.2) is 12.1 Å². The van der Waals surface area contributed by atoms with Crippen molar-refractivity contribution in [2.24, 2.45) is 0 Å². The second-order valence-corrected chi connectivity index (χ2v) is 5.92. The van der Waals surface area contributed by atoms with Crippen LogP contribution in [-0.2, 0) is 22.6 Å². The normalized spacial score (nSPS) is 17.6. The monoisotopic (exact) mass is 351 g/mol. The Labute approximate surface area is 145 Å². The topological polar surface area (TPSA) is 94.4 Å². The van der Waals surface area contributed by atoms with Crippen LogP contribution >= 0.6 is 0 Å². The molecule has 0 radical (unpaired) electrons. The number of carbonyl (C=O) groups excluding carboxylic acids is 1. The molecule has 3 rings (SSSR count). The summed E-state index contributed by atoms with van der Waals surface area (Å²) in [5, 5.41) is 11.2. The Balaban J connectivity index is 1.70. The number of fused-ring (bicyclic) bond motifs is 1. The van der Waals surface area contributed by atoms with E-state index >= 15 is 0 Å². The van der Waals surface area contributed by atoms with Crippen LogP contribution in [0.2, 0.25) is 0 Å². The summed E-state index contributed by atoms with van der Waals surface area (Å²) in [7, 11) is 0. The molecule has 136 valence electrons. The van der Waals surface area contributed by atoms with Gasteiger partial charge in [0, 0.05) is 56.0 Å². The first-order valence-corrected chi connectivity index (χ1v) is 8.23. The Morgan fingerprint density at radius 3 is 2.76 bits per heavy atom. The van der Waals surface area contributed by atoms with Crippen molar-refractivity contribution >= 4 is 11.8 Å². The van der Waals surface area contributed by atoms with Gasteiger partial charge in [-0.1, -0.05) is 0 Å². The largest absolute Gasteiger partial charge is 0.467 e. The molecule has 1 saturated heterocycles. The van der Waals surface area contributed by atoms with E-state index in [2.05, 4.69) is 4.90 Å². The number of benzene rings is 1. The van der Waals surface area contributed by atoms with Crippen LogP contribution in [0.4, 0.5) is 10.5 Å². The van der Waals surface area contributed by atoms with Crippen LogP contribution in [0.25, 0.3) is 0 Å². The highest BCUT2D eigenvalue weighted by Gasteiger charge is 2.25. The number of hydrogen-bond donors (Lipinski definition) is 0. The van der Waals surface area contributed by atoms with Gasteiger partial charge in [0.25, 0.3) is 5.69 Å². The number of rotatable bonds is 4. The molecule has 0 saturated carbocycles. The van der Waals surface area contributed by atoms with E-state index in [0.717, 1.165) is 5.56 Å². The predicted molar refractivity (Wildman–Crippen MR) is 87.3 cm³/mol. The van der Waals surface area contributed by atoms with Gasteiger partial charge >= 0.3 is 6.09 Å². The summed E-state index contributed by atoms with van der Waals surface area (Å²) in [5.41, 5.74) is 1.51. The van der Waals surface area contributed by atoms with Crippen molar-refractivity contribution in [3.63, 3.8) is 0 Å². The molecule has 0 aliphatic carbocycles. The second-order valence-electron chi connectivity index (χ2n) is 5.92. The number of carbonyl (C=O) groups is 1. The number of nitro benzene ring substituents is 1. The SMILES string of the molecule is CCOC(=O)N1CCN(Cc2cc([N+](=O)[O-])cc3c2OCOC3)CC1. The van der Waals surface area contributed by atoms with Gasteiger partial charge in [0.15, 0.2) is 6.79 Å². The van der Waals surface area contributed by atoms with Gasteiger partial charge < -0.3 is 19.1 Å². The summed E-state index contributed by atoms with van der Waals surface area (Å²) >= 11 is 0. The lowest BCUT2D eigenvalue weighted by Gasteiger charge is -2.34. The molecule has 1 aromatic carbocycles. The maximum Gasteiger partial charge on any atom is 0.409 e. The van der Waals surface area contributed by atoms with Crippen LogP contribution in [0.3, 0.4) is 0 Å². The summed E-state index contributed by atoms with van der Waals surface area (Å²) in [5.74, 6) is 0.671. The molecule has 2 aliphatic heterocycles. The van der Waals surface area contributed by atoms with E-state index < -0.39 is 4.92 Å². The second kappa shape index (κ2) is 7.66. The molecule has 0 N–H and O–H groups in total. The quantitative estimate of drug-likeness (QED) is 0.602. The van der Waals surface area contributed by atoms with Gasteiger partial charge in [-0.05, 0) is 6.92 Å². The van der Waals surface area contributed by atoms with Crippen molar-refractivity contribution in [3.8, 4) is 5.75 Å². The highest BCUT2D eigenvalue weighted by molar-refractivity contribution is 5.67. The lowest BCUT2D eigenvalue weighted by molar-refractivity contribution is -0.385. The molecule has 2 heterocycles. The van der Waals surface area contributed by atoms with E-state index in [1.807, 2.05) is 0 Å². The summed E-state index contributed by atoms with van der Waals surface area (Å²) < 4.78 is 15.8. The van der Waals surface area contributed by atoms with Gasteiger partial charge in [0.2, 0.25) is 0 Å². The number of nitrogens with zero attached hydrogens (tertiary/aromatic N) is 3. The van der Waals surface area contributed by atoms with E-state index in [4.69, 9.17) is 14.2 Å². The summed E-state index contributed by atoms with van der Waals surface area (Å²) in [6.45, 7) is 5.61. The Morgan fingerprint density at radius 2 is 2.08 bits per heavy atom. The molecule has 25 heavy (non-hydrogen) atoms. The van der Waals surface area contributed by atoms with Crippen LogP contribution in [-0.4, -0.2) is 60.4 Å². The van der Waals surface area contributed by atoms with Crippen LogP contribution < -0.4 is 4.74 Å². The molecular weight excluding hydrogens is 330 g/mol. The smallest absolute Gasteiger partial charge is 0.409 e. The minimum atomic E-state index is -0.406. The molecule has 9 heteroatoms. The van der Waals surface area contributed by atoms with Crippen molar-refractivity contribution in [1.29, 1.82) is 0 Å². The molecule has 2 aliphatic rings. The van der Waals surface area contributed by atoms with Gasteiger partial charge in [-0.25, -0.2) is 4.79 Å². The van der Waals surface area contributed by atoms with Crippen molar-refractivity contribution in [2.75, 3.05) is 39.6 Å². The third-order valence-electron chi connectivity index (χ3n) is 4.27. The lowest BCUT2D eigenvalue weighted by Crippen LogP contribution is -2.48.